The largest absolute Gasteiger partial charge is 0.353 e. The van der Waals surface area contributed by atoms with Crippen molar-refractivity contribution in [1.29, 1.82) is 0 Å². The van der Waals surface area contributed by atoms with Gasteiger partial charge in [-0.15, -0.1) is 11.6 Å². The molecule has 2 rings (SSSR count). The molecule has 0 spiro atoms. The Morgan fingerprint density at radius 3 is 2.82 bits per heavy atom. The third kappa shape index (κ3) is 2.57. The summed E-state index contributed by atoms with van der Waals surface area (Å²) in [5.74, 6) is 2.35. The Labute approximate surface area is 109 Å². The second kappa shape index (κ2) is 5.26. The SMILES string of the molecule is Cc1nc(N2CCCC2C(C)C)ccc1CCl. The fraction of sp³-hybridized carbons (Fsp3) is 0.643. The van der Waals surface area contributed by atoms with Gasteiger partial charge in [-0.05, 0) is 37.3 Å². The van der Waals surface area contributed by atoms with E-state index >= 15 is 0 Å². The van der Waals surface area contributed by atoms with Gasteiger partial charge >= 0.3 is 0 Å². The van der Waals surface area contributed by atoms with Gasteiger partial charge in [0.2, 0.25) is 0 Å². The van der Waals surface area contributed by atoms with E-state index in [9.17, 15) is 0 Å². The van der Waals surface area contributed by atoms with E-state index in [1.165, 1.54) is 12.8 Å². The Morgan fingerprint density at radius 2 is 2.24 bits per heavy atom. The smallest absolute Gasteiger partial charge is 0.129 e. The summed E-state index contributed by atoms with van der Waals surface area (Å²) in [6, 6.07) is 4.87. The molecule has 0 radical (unpaired) electrons. The Morgan fingerprint density at radius 1 is 1.47 bits per heavy atom. The average molecular weight is 253 g/mol. The van der Waals surface area contributed by atoms with E-state index in [0.29, 0.717) is 17.8 Å². The maximum Gasteiger partial charge on any atom is 0.129 e. The molecular weight excluding hydrogens is 232 g/mol. The molecule has 1 saturated heterocycles. The zero-order chi connectivity index (χ0) is 12.4. The molecule has 17 heavy (non-hydrogen) atoms. The summed E-state index contributed by atoms with van der Waals surface area (Å²) >= 11 is 5.87. The number of aryl methyl sites for hydroxylation is 1. The molecular formula is C14H21ClN2. The van der Waals surface area contributed by atoms with Crippen LogP contribution in [0.25, 0.3) is 0 Å². The first-order valence-corrected chi connectivity index (χ1v) is 6.96. The van der Waals surface area contributed by atoms with Gasteiger partial charge in [-0.3, -0.25) is 0 Å². The molecule has 1 aromatic heterocycles. The maximum absolute atomic E-state index is 5.87. The van der Waals surface area contributed by atoms with E-state index in [4.69, 9.17) is 16.6 Å². The van der Waals surface area contributed by atoms with Crippen molar-refractivity contribution in [3.8, 4) is 0 Å². The minimum Gasteiger partial charge on any atom is -0.353 e. The van der Waals surface area contributed by atoms with Crippen LogP contribution in [-0.2, 0) is 5.88 Å². The van der Waals surface area contributed by atoms with Gasteiger partial charge < -0.3 is 4.90 Å². The van der Waals surface area contributed by atoms with Crippen LogP contribution in [0, 0.1) is 12.8 Å². The second-order valence-electron chi connectivity index (χ2n) is 5.19. The molecule has 0 bridgehead atoms. The van der Waals surface area contributed by atoms with Crippen molar-refractivity contribution in [2.45, 2.75) is 45.5 Å². The van der Waals surface area contributed by atoms with Crippen molar-refractivity contribution in [3.05, 3.63) is 23.4 Å². The maximum atomic E-state index is 5.87. The molecule has 0 saturated carbocycles. The summed E-state index contributed by atoms with van der Waals surface area (Å²) in [7, 11) is 0. The molecule has 2 heterocycles. The Balaban J connectivity index is 2.24. The van der Waals surface area contributed by atoms with Crippen LogP contribution in [0.1, 0.15) is 37.9 Å². The summed E-state index contributed by atoms with van der Waals surface area (Å²) in [5.41, 5.74) is 2.20. The number of aromatic nitrogens is 1. The van der Waals surface area contributed by atoms with Gasteiger partial charge in [-0.2, -0.15) is 0 Å². The number of hydrogen-bond acceptors (Lipinski definition) is 2. The molecule has 94 valence electrons. The van der Waals surface area contributed by atoms with Crippen molar-refractivity contribution >= 4 is 17.4 Å². The number of pyridine rings is 1. The van der Waals surface area contributed by atoms with Gasteiger partial charge in [-0.25, -0.2) is 4.98 Å². The lowest BCUT2D eigenvalue weighted by Gasteiger charge is -2.29. The first-order chi connectivity index (χ1) is 8.13. The van der Waals surface area contributed by atoms with Crippen LogP contribution in [0.4, 0.5) is 5.82 Å². The van der Waals surface area contributed by atoms with Gasteiger partial charge in [0.25, 0.3) is 0 Å². The Hall–Kier alpha value is -0.760. The number of halogens is 1. The van der Waals surface area contributed by atoms with E-state index in [-0.39, 0.29) is 0 Å². The Kier molecular flexibility index (Phi) is 3.93. The van der Waals surface area contributed by atoms with Crippen molar-refractivity contribution in [3.63, 3.8) is 0 Å². The molecule has 2 nitrogen and oxygen atoms in total. The highest BCUT2D eigenvalue weighted by atomic mass is 35.5. The first-order valence-electron chi connectivity index (χ1n) is 6.42. The van der Waals surface area contributed by atoms with Crippen LogP contribution in [0.15, 0.2) is 12.1 Å². The molecule has 0 aromatic carbocycles. The predicted molar refractivity (Wildman–Crippen MR) is 73.7 cm³/mol. The lowest BCUT2D eigenvalue weighted by molar-refractivity contribution is 0.489. The molecule has 1 unspecified atom stereocenters. The predicted octanol–water partition coefficient (Wildman–Crippen LogP) is 3.75. The van der Waals surface area contributed by atoms with E-state index in [1.807, 2.05) is 6.92 Å². The standard InChI is InChI=1S/C14H21ClN2/c1-10(2)13-5-4-8-17(13)14-7-6-12(9-15)11(3)16-14/h6-7,10,13H,4-5,8-9H2,1-3H3. The number of rotatable bonds is 3. The quantitative estimate of drug-likeness (QED) is 0.762. The van der Waals surface area contributed by atoms with Crippen LogP contribution >= 0.6 is 11.6 Å². The summed E-state index contributed by atoms with van der Waals surface area (Å²) in [6.45, 7) is 7.77. The fourth-order valence-electron chi connectivity index (χ4n) is 2.65. The molecule has 3 heteroatoms. The van der Waals surface area contributed by atoms with Crippen molar-refractivity contribution in [1.82, 2.24) is 4.98 Å². The molecule has 0 N–H and O–H groups in total. The summed E-state index contributed by atoms with van der Waals surface area (Å²) in [5, 5.41) is 0. The zero-order valence-corrected chi connectivity index (χ0v) is 11.7. The molecule has 1 aliphatic rings. The van der Waals surface area contributed by atoms with Crippen LogP contribution < -0.4 is 4.90 Å². The van der Waals surface area contributed by atoms with E-state index in [0.717, 1.165) is 23.6 Å². The molecule has 1 atom stereocenters. The minimum absolute atomic E-state index is 0.548. The van der Waals surface area contributed by atoms with Crippen LogP contribution in [0.5, 0.6) is 0 Å². The zero-order valence-electron chi connectivity index (χ0n) is 10.9. The van der Waals surface area contributed by atoms with Gasteiger partial charge in [0, 0.05) is 24.2 Å². The van der Waals surface area contributed by atoms with Crippen molar-refractivity contribution in [2.75, 3.05) is 11.4 Å². The van der Waals surface area contributed by atoms with Gasteiger partial charge in [0.05, 0.1) is 0 Å². The average Bonchev–Trinajstić information content (AvgIpc) is 2.77. The third-order valence-electron chi connectivity index (χ3n) is 3.69. The van der Waals surface area contributed by atoms with Crippen LogP contribution in [0.2, 0.25) is 0 Å². The monoisotopic (exact) mass is 252 g/mol. The van der Waals surface area contributed by atoms with E-state index < -0.39 is 0 Å². The minimum atomic E-state index is 0.548. The number of anilines is 1. The van der Waals surface area contributed by atoms with Crippen LogP contribution in [0.3, 0.4) is 0 Å². The molecule has 0 aliphatic carbocycles. The highest BCUT2D eigenvalue weighted by molar-refractivity contribution is 6.17. The highest BCUT2D eigenvalue weighted by Gasteiger charge is 2.28. The summed E-state index contributed by atoms with van der Waals surface area (Å²) in [4.78, 5) is 7.15. The highest BCUT2D eigenvalue weighted by Crippen LogP contribution is 2.29. The number of alkyl halides is 1. The first kappa shape index (κ1) is 12.7. The topological polar surface area (TPSA) is 16.1 Å². The summed E-state index contributed by atoms with van der Waals surface area (Å²) < 4.78 is 0. The third-order valence-corrected chi connectivity index (χ3v) is 3.98. The van der Waals surface area contributed by atoms with Crippen molar-refractivity contribution < 1.29 is 0 Å². The van der Waals surface area contributed by atoms with Crippen LogP contribution in [-0.4, -0.2) is 17.6 Å². The summed E-state index contributed by atoms with van der Waals surface area (Å²) in [6.07, 6.45) is 2.57. The second-order valence-corrected chi connectivity index (χ2v) is 5.46. The fourth-order valence-corrected chi connectivity index (χ4v) is 2.93. The Bertz CT molecular complexity index is 390. The molecule has 0 amide bonds. The van der Waals surface area contributed by atoms with Gasteiger partial charge in [-0.1, -0.05) is 19.9 Å². The normalized spacial score (nSPS) is 20.3. The lowest BCUT2D eigenvalue weighted by atomic mass is 10.0. The van der Waals surface area contributed by atoms with E-state index in [2.05, 4.69) is 30.9 Å². The van der Waals surface area contributed by atoms with Gasteiger partial charge in [0.1, 0.15) is 5.82 Å². The molecule has 1 aromatic rings. The molecule has 1 fully saturated rings. The van der Waals surface area contributed by atoms with Gasteiger partial charge in [0.15, 0.2) is 0 Å². The molecule has 1 aliphatic heterocycles. The number of nitrogens with zero attached hydrogens (tertiary/aromatic N) is 2. The lowest BCUT2D eigenvalue weighted by Crippen LogP contribution is -2.34. The number of hydrogen-bond donors (Lipinski definition) is 0. The van der Waals surface area contributed by atoms with Crippen molar-refractivity contribution in [2.24, 2.45) is 5.92 Å². The van der Waals surface area contributed by atoms with E-state index in [1.54, 1.807) is 0 Å².